The molecule has 1 amide bonds. The molecule has 1 aromatic heterocycles. The van der Waals surface area contributed by atoms with E-state index in [4.69, 9.17) is 0 Å². The predicted octanol–water partition coefficient (Wildman–Crippen LogP) is 4.31. The van der Waals surface area contributed by atoms with Gasteiger partial charge in [0.15, 0.2) is 0 Å². The summed E-state index contributed by atoms with van der Waals surface area (Å²) in [5.41, 5.74) is 3.70. The Morgan fingerprint density at radius 3 is 2.47 bits per heavy atom. The number of aromatic nitrogens is 1. The first kappa shape index (κ1) is 22.2. The molecule has 32 heavy (non-hydrogen) atoms. The van der Waals surface area contributed by atoms with Crippen LogP contribution in [0.1, 0.15) is 59.1 Å². The third-order valence-electron chi connectivity index (χ3n) is 6.50. The molecule has 1 aliphatic heterocycles. The van der Waals surface area contributed by atoms with Crippen LogP contribution in [0, 0.1) is 0 Å². The Kier molecular flexibility index (Phi) is 6.98. The summed E-state index contributed by atoms with van der Waals surface area (Å²) in [7, 11) is 1.82. The first-order valence-electron chi connectivity index (χ1n) is 11.3. The van der Waals surface area contributed by atoms with Gasteiger partial charge in [-0.2, -0.15) is 0 Å². The molecule has 5 nitrogen and oxygen atoms in total. The van der Waals surface area contributed by atoms with Gasteiger partial charge in [-0.3, -0.25) is 9.78 Å². The number of carbonyl (C=O) groups excluding carboxylic acids is 1. The van der Waals surface area contributed by atoms with Crippen LogP contribution in [0.25, 0.3) is 0 Å². The number of rotatable bonds is 7. The number of hydrogen-bond acceptors (Lipinski definition) is 4. The molecular formula is C27H31N3O2. The van der Waals surface area contributed by atoms with Gasteiger partial charge in [0.2, 0.25) is 0 Å². The molecule has 4 rings (SSSR count). The summed E-state index contributed by atoms with van der Waals surface area (Å²) in [5.74, 6) is -0.0141. The Morgan fingerprint density at radius 2 is 1.78 bits per heavy atom. The van der Waals surface area contributed by atoms with E-state index in [1.165, 1.54) is 5.56 Å². The average Bonchev–Trinajstić information content (AvgIpc) is 3.32. The van der Waals surface area contributed by atoms with E-state index >= 15 is 0 Å². The van der Waals surface area contributed by atoms with Crippen LogP contribution >= 0.6 is 0 Å². The van der Waals surface area contributed by atoms with Crippen molar-refractivity contribution in [1.29, 1.82) is 0 Å². The van der Waals surface area contributed by atoms with Crippen molar-refractivity contribution in [2.75, 3.05) is 7.05 Å². The Balaban J connectivity index is 1.33. The molecule has 3 aromatic rings. The maximum absolute atomic E-state index is 12.9. The van der Waals surface area contributed by atoms with Crippen molar-refractivity contribution < 1.29 is 9.90 Å². The summed E-state index contributed by atoms with van der Waals surface area (Å²) in [4.78, 5) is 19.0. The normalized spacial score (nSPS) is 20.0. The van der Waals surface area contributed by atoms with Gasteiger partial charge in [0.25, 0.3) is 5.91 Å². The van der Waals surface area contributed by atoms with Gasteiger partial charge in [0.1, 0.15) is 0 Å². The van der Waals surface area contributed by atoms with Gasteiger partial charge >= 0.3 is 0 Å². The Hall–Kier alpha value is -3.02. The number of benzene rings is 2. The minimum absolute atomic E-state index is 0.0141. The summed E-state index contributed by atoms with van der Waals surface area (Å²) in [6.45, 7) is 1.99. The van der Waals surface area contributed by atoms with E-state index in [2.05, 4.69) is 10.3 Å². The van der Waals surface area contributed by atoms with Crippen molar-refractivity contribution in [2.24, 2.45) is 0 Å². The van der Waals surface area contributed by atoms with Crippen LogP contribution in [0.4, 0.5) is 0 Å². The molecule has 0 bridgehead atoms. The third-order valence-corrected chi connectivity index (χ3v) is 6.50. The van der Waals surface area contributed by atoms with Crippen LogP contribution in [-0.4, -0.2) is 40.0 Å². The van der Waals surface area contributed by atoms with Crippen LogP contribution in [-0.2, 0) is 6.42 Å². The second-order valence-corrected chi connectivity index (χ2v) is 8.65. The molecule has 1 fully saturated rings. The van der Waals surface area contributed by atoms with E-state index in [-0.39, 0.29) is 18.0 Å². The van der Waals surface area contributed by atoms with Crippen LogP contribution in [0.15, 0.2) is 79.0 Å². The second-order valence-electron chi connectivity index (χ2n) is 8.65. The highest BCUT2D eigenvalue weighted by Gasteiger charge is 2.30. The Morgan fingerprint density at radius 1 is 1.06 bits per heavy atom. The number of nitrogens with zero attached hydrogens (tertiary/aromatic N) is 2. The highest BCUT2D eigenvalue weighted by Crippen LogP contribution is 2.27. The van der Waals surface area contributed by atoms with Crippen molar-refractivity contribution in [3.8, 4) is 0 Å². The Labute approximate surface area is 190 Å². The molecule has 1 saturated heterocycles. The maximum atomic E-state index is 12.9. The quantitative estimate of drug-likeness (QED) is 0.587. The second kappa shape index (κ2) is 10.1. The van der Waals surface area contributed by atoms with Gasteiger partial charge in [0.05, 0.1) is 17.8 Å². The maximum Gasteiger partial charge on any atom is 0.254 e. The van der Waals surface area contributed by atoms with Crippen LogP contribution in [0.5, 0.6) is 0 Å². The molecule has 2 unspecified atom stereocenters. The highest BCUT2D eigenvalue weighted by atomic mass is 16.3. The van der Waals surface area contributed by atoms with Gasteiger partial charge in [-0.25, -0.2) is 0 Å². The number of aliphatic hydroxyl groups is 1. The van der Waals surface area contributed by atoms with Crippen molar-refractivity contribution in [3.05, 3.63) is 101 Å². The van der Waals surface area contributed by atoms with Crippen LogP contribution < -0.4 is 5.32 Å². The minimum atomic E-state index is -0.488. The number of nitrogens with one attached hydrogen (secondary N) is 1. The first-order chi connectivity index (χ1) is 15.5. The molecule has 0 radical (unpaired) electrons. The first-order valence-corrected chi connectivity index (χ1v) is 11.3. The van der Waals surface area contributed by atoms with Crippen molar-refractivity contribution in [1.82, 2.24) is 15.2 Å². The fourth-order valence-electron chi connectivity index (χ4n) is 4.41. The number of pyridine rings is 1. The summed E-state index contributed by atoms with van der Waals surface area (Å²) < 4.78 is 0. The molecule has 0 aliphatic carbocycles. The molecule has 5 heteroatoms. The molecule has 1 aliphatic rings. The van der Waals surface area contributed by atoms with E-state index in [0.717, 1.165) is 30.5 Å². The van der Waals surface area contributed by atoms with Gasteiger partial charge < -0.3 is 15.3 Å². The molecule has 166 valence electrons. The summed E-state index contributed by atoms with van der Waals surface area (Å²) in [6.07, 6.45) is 4.12. The van der Waals surface area contributed by atoms with E-state index in [9.17, 15) is 9.90 Å². The minimum Gasteiger partial charge on any atom is -0.387 e. The van der Waals surface area contributed by atoms with E-state index < -0.39 is 6.10 Å². The lowest BCUT2D eigenvalue weighted by molar-refractivity contribution is 0.0739. The van der Waals surface area contributed by atoms with Crippen molar-refractivity contribution in [3.63, 3.8) is 0 Å². The molecule has 0 spiro atoms. The third kappa shape index (κ3) is 5.06. The lowest BCUT2D eigenvalue weighted by atomic mass is 10.0. The molecular weight excluding hydrogens is 398 g/mol. The fraction of sp³-hybridized carbons (Fsp3) is 0.333. The van der Waals surface area contributed by atoms with Gasteiger partial charge in [-0.15, -0.1) is 0 Å². The van der Waals surface area contributed by atoms with Gasteiger partial charge in [-0.1, -0.05) is 48.5 Å². The fourth-order valence-corrected chi connectivity index (χ4v) is 4.41. The summed E-state index contributed by atoms with van der Waals surface area (Å²) in [5, 5.41) is 14.3. The Bertz CT molecular complexity index is 1010. The lowest BCUT2D eigenvalue weighted by Crippen LogP contribution is -2.35. The number of hydrogen-bond donors (Lipinski definition) is 2. The molecule has 2 aromatic carbocycles. The number of carbonyl (C=O) groups is 1. The van der Waals surface area contributed by atoms with Gasteiger partial charge in [0, 0.05) is 30.9 Å². The van der Waals surface area contributed by atoms with Crippen LogP contribution in [0.3, 0.4) is 0 Å². The standard InChI is InChI=1S/C27H31N3O2/c1-19(24-10-6-7-17-28-24)30(2)27(32)22-13-11-20(12-14-22)18-23-15-16-25(29-23)26(31)21-8-4-3-5-9-21/h3-14,17,19,23,25-26,29,31H,15-16,18H2,1-2H3/t19?,23-,25+,26?/m0/s1. The monoisotopic (exact) mass is 429 g/mol. The molecule has 2 N–H and O–H groups in total. The zero-order valence-corrected chi connectivity index (χ0v) is 18.7. The SMILES string of the molecule is CC(c1ccccn1)N(C)C(=O)c1ccc(C[C@@H]2CC[C@H](C(O)c3ccccc3)N2)cc1. The summed E-state index contributed by atoms with van der Waals surface area (Å²) in [6, 6.07) is 23.8. The molecule has 0 saturated carbocycles. The topological polar surface area (TPSA) is 65.5 Å². The van der Waals surface area contributed by atoms with Crippen molar-refractivity contribution >= 4 is 5.91 Å². The van der Waals surface area contributed by atoms with E-state index in [0.29, 0.717) is 11.6 Å². The average molecular weight is 430 g/mol. The van der Waals surface area contributed by atoms with Crippen molar-refractivity contribution in [2.45, 2.75) is 50.4 Å². The zero-order chi connectivity index (χ0) is 22.5. The number of aliphatic hydroxyl groups excluding tert-OH is 1. The molecule has 2 heterocycles. The smallest absolute Gasteiger partial charge is 0.254 e. The van der Waals surface area contributed by atoms with E-state index in [1.54, 1.807) is 11.1 Å². The van der Waals surface area contributed by atoms with Gasteiger partial charge in [-0.05, 0) is 61.6 Å². The zero-order valence-electron chi connectivity index (χ0n) is 18.7. The molecule has 4 atom stereocenters. The van der Waals surface area contributed by atoms with E-state index in [1.807, 2.05) is 86.8 Å². The highest BCUT2D eigenvalue weighted by molar-refractivity contribution is 5.94. The summed E-state index contributed by atoms with van der Waals surface area (Å²) >= 11 is 0. The predicted molar refractivity (Wildman–Crippen MR) is 126 cm³/mol. The van der Waals surface area contributed by atoms with Crippen LogP contribution in [0.2, 0.25) is 0 Å². The lowest BCUT2D eigenvalue weighted by Gasteiger charge is -2.24. The number of amides is 1. The largest absolute Gasteiger partial charge is 0.387 e.